The molecule has 6 nitrogen and oxygen atoms in total. The Labute approximate surface area is 157 Å². The van der Waals surface area contributed by atoms with Crippen LogP contribution in [0, 0.1) is 5.82 Å². The predicted molar refractivity (Wildman–Crippen MR) is 102 cm³/mol. The van der Waals surface area contributed by atoms with Gasteiger partial charge in [0.2, 0.25) is 5.91 Å². The Bertz CT molecular complexity index is 1190. The van der Waals surface area contributed by atoms with Gasteiger partial charge in [-0.2, -0.15) is 4.37 Å². The molecule has 0 radical (unpaired) electrons. The van der Waals surface area contributed by atoms with E-state index in [9.17, 15) is 14.0 Å². The van der Waals surface area contributed by atoms with Gasteiger partial charge in [-0.15, -0.1) is 0 Å². The summed E-state index contributed by atoms with van der Waals surface area (Å²) in [6, 6.07) is 15.3. The summed E-state index contributed by atoms with van der Waals surface area (Å²) in [6.07, 6.45) is 1.31. The summed E-state index contributed by atoms with van der Waals surface area (Å²) in [5.74, 6) is -1.06. The van der Waals surface area contributed by atoms with Crippen molar-refractivity contribution in [3.8, 4) is 11.3 Å². The second kappa shape index (κ2) is 7.08. The first-order chi connectivity index (χ1) is 13.1. The Kier molecular flexibility index (Phi) is 4.47. The number of rotatable bonds is 4. The average Bonchev–Trinajstić information content (AvgIpc) is 3.11. The third-order valence-corrected chi connectivity index (χ3v) is 4.78. The molecule has 0 spiro atoms. The number of halogens is 1. The first-order valence-corrected chi connectivity index (χ1v) is 8.85. The molecule has 0 unspecified atom stereocenters. The Morgan fingerprint density at radius 3 is 2.63 bits per heavy atom. The van der Waals surface area contributed by atoms with Crippen LogP contribution < -0.4 is 10.9 Å². The van der Waals surface area contributed by atoms with E-state index in [1.54, 1.807) is 6.07 Å². The maximum atomic E-state index is 13.6. The van der Waals surface area contributed by atoms with E-state index in [0.717, 1.165) is 17.1 Å². The molecular formula is C19H13FN4O2S. The van der Waals surface area contributed by atoms with Crippen LogP contribution >= 0.6 is 11.5 Å². The topological polar surface area (TPSA) is 76.9 Å². The largest absolute Gasteiger partial charge is 0.322 e. The van der Waals surface area contributed by atoms with Crippen LogP contribution in [-0.4, -0.2) is 19.8 Å². The van der Waals surface area contributed by atoms with Crippen molar-refractivity contribution in [1.29, 1.82) is 0 Å². The molecule has 134 valence electrons. The molecule has 8 heteroatoms. The van der Waals surface area contributed by atoms with Crippen molar-refractivity contribution in [2.24, 2.45) is 0 Å². The number of aromatic nitrogens is 3. The van der Waals surface area contributed by atoms with Crippen LogP contribution in [-0.2, 0) is 11.3 Å². The molecule has 2 heterocycles. The number of nitrogens with zero attached hydrogens (tertiary/aromatic N) is 3. The minimum atomic E-state index is -0.540. The minimum absolute atomic E-state index is 0.0636. The molecule has 0 bridgehead atoms. The Hall–Kier alpha value is -3.39. The number of anilines is 1. The van der Waals surface area contributed by atoms with Crippen molar-refractivity contribution in [1.82, 2.24) is 13.9 Å². The molecule has 0 atom stereocenters. The highest BCUT2D eigenvalue weighted by Crippen LogP contribution is 2.26. The van der Waals surface area contributed by atoms with Crippen LogP contribution in [0.5, 0.6) is 0 Å². The van der Waals surface area contributed by atoms with Crippen molar-refractivity contribution in [2.45, 2.75) is 6.54 Å². The predicted octanol–water partition coefficient (Wildman–Crippen LogP) is 3.30. The summed E-state index contributed by atoms with van der Waals surface area (Å²) < 4.78 is 19.5. The molecule has 0 aliphatic heterocycles. The van der Waals surface area contributed by atoms with Gasteiger partial charge in [0, 0.05) is 5.56 Å². The first kappa shape index (κ1) is 17.0. The smallest absolute Gasteiger partial charge is 0.273 e. The lowest BCUT2D eigenvalue weighted by atomic mass is 10.1. The van der Waals surface area contributed by atoms with E-state index in [1.807, 2.05) is 30.3 Å². The van der Waals surface area contributed by atoms with Gasteiger partial charge in [0.25, 0.3) is 5.56 Å². The third-order valence-electron chi connectivity index (χ3n) is 3.96. The SMILES string of the molecule is O=C(Cn1cnc2c(-c3ccccc3)nsc2c1=O)Nc1ccccc1F. The summed E-state index contributed by atoms with van der Waals surface area (Å²) in [5, 5.41) is 2.45. The highest BCUT2D eigenvalue weighted by molar-refractivity contribution is 7.13. The van der Waals surface area contributed by atoms with Crippen molar-refractivity contribution >= 4 is 33.3 Å². The lowest BCUT2D eigenvalue weighted by Gasteiger charge is -2.08. The van der Waals surface area contributed by atoms with Gasteiger partial charge < -0.3 is 5.32 Å². The molecule has 0 fully saturated rings. The number of nitrogens with one attached hydrogen (secondary N) is 1. The Balaban J connectivity index is 1.62. The lowest BCUT2D eigenvalue weighted by Crippen LogP contribution is -2.27. The van der Waals surface area contributed by atoms with Crippen molar-refractivity contribution < 1.29 is 9.18 Å². The zero-order valence-corrected chi connectivity index (χ0v) is 14.7. The van der Waals surface area contributed by atoms with E-state index in [1.165, 1.54) is 29.1 Å². The zero-order chi connectivity index (χ0) is 18.8. The standard InChI is InChI=1S/C19H13FN4O2S/c20-13-8-4-5-9-14(13)22-15(25)10-24-11-21-17-16(12-6-2-1-3-7-12)23-27-18(17)19(24)26/h1-9,11H,10H2,(H,22,25). The Morgan fingerprint density at radius 1 is 1.11 bits per heavy atom. The molecule has 1 N–H and O–H groups in total. The molecule has 1 amide bonds. The number of hydrogen-bond donors (Lipinski definition) is 1. The van der Waals surface area contributed by atoms with Gasteiger partial charge in [-0.05, 0) is 23.7 Å². The van der Waals surface area contributed by atoms with Crippen LogP contribution in [0.2, 0.25) is 0 Å². The fraction of sp³-hybridized carbons (Fsp3) is 0.0526. The highest BCUT2D eigenvalue weighted by atomic mass is 32.1. The van der Waals surface area contributed by atoms with E-state index < -0.39 is 11.7 Å². The van der Waals surface area contributed by atoms with Crippen LogP contribution in [0.4, 0.5) is 10.1 Å². The van der Waals surface area contributed by atoms with Crippen molar-refractivity contribution in [2.75, 3.05) is 5.32 Å². The monoisotopic (exact) mass is 380 g/mol. The second-order valence-electron chi connectivity index (χ2n) is 5.78. The maximum absolute atomic E-state index is 13.6. The van der Waals surface area contributed by atoms with Crippen molar-refractivity contribution in [3.63, 3.8) is 0 Å². The van der Waals surface area contributed by atoms with Gasteiger partial charge in [-0.3, -0.25) is 14.2 Å². The number of para-hydroxylation sites is 1. The number of hydrogen-bond acceptors (Lipinski definition) is 5. The molecule has 0 saturated carbocycles. The molecule has 2 aromatic heterocycles. The zero-order valence-electron chi connectivity index (χ0n) is 13.9. The average molecular weight is 380 g/mol. The summed E-state index contributed by atoms with van der Waals surface area (Å²) >= 11 is 1.05. The number of carbonyl (C=O) groups is 1. The summed E-state index contributed by atoms with van der Waals surface area (Å²) in [5.41, 5.74) is 1.71. The van der Waals surface area contributed by atoms with Crippen LogP contribution in [0.25, 0.3) is 21.5 Å². The summed E-state index contributed by atoms with van der Waals surface area (Å²) in [7, 11) is 0. The number of carbonyl (C=O) groups excluding carboxylic acids is 1. The number of fused-ring (bicyclic) bond motifs is 1. The van der Waals surface area contributed by atoms with Gasteiger partial charge >= 0.3 is 0 Å². The molecule has 0 saturated heterocycles. The fourth-order valence-electron chi connectivity index (χ4n) is 2.66. The number of benzene rings is 2. The third kappa shape index (κ3) is 3.34. The molecule has 0 aliphatic carbocycles. The van der Waals surface area contributed by atoms with Crippen LogP contribution in [0.15, 0.2) is 65.7 Å². The van der Waals surface area contributed by atoms with Crippen LogP contribution in [0.1, 0.15) is 0 Å². The van der Waals surface area contributed by atoms with E-state index in [2.05, 4.69) is 14.7 Å². The van der Waals surface area contributed by atoms with E-state index in [0.29, 0.717) is 15.9 Å². The van der Waals surface area contributed by atoms with Gasteiger partial charge in [0.05, 0.1) is 12.0 Å². The van der Waals surface area contributed by atoms with Gasteiger partial charge in [0.1, 0.15) is 28.3 Å². The van der Waals surface area contributed by atoms with E-state index in [4.69, 9.17) is 0 Å². The van der Waals surface area contributed by atoms with Gasteiger partial charge in [0.15, 0.2) is 0 Å². The first-order valence-electron chi connectivity index (χ1n) is 8.08. The Morgan fingerprint density at radius 2 is 1.85 bits per heavy atom. The van der Waals surface area contributed by atoms with Crippen LogP contribution in [0.3, 0.4) is 0 Å². The summed E-state index contributed by atoms with van der Waals surface area (Å²) in [4.78, 5) is 29.2. The summed E-state index contributed by atoms with van der Waals surface area (Å²) in [6.45, 7) is -0.269. The molecule has 2 aromatic carbocycles. The molecule has 4 aromatic rings. The van der Waals surface area contributed by atoms with E-state index >= 15 is 0 Å². The molecular weight excluding hydrogens is 367 g/mol. The number of amides is 1. The second-order valence-corrected chi connectivity index (χ2v) is 6.55. The minimum Gasteiger partial charge on any atom is -0.322 e. The highest BCUT2D eigenvalue weighted by Gasteiger charge is 2.15. The normalized spacial score (nSPS) is 10.9. The maximum Gasteiger partial charge on any atom is 0.273 e. The van der Waals surface area contributed by atoms with Gasteiger partial charge in [-0.1, -0.05) is 42.5 Å². The molecule has 0 aliphatic rings. The van der Waals surface area contributed by atoms with E-state index in [-0.39, 0.29) is 17.8 Å². The lowest BCUT2D eigenvalue weighted by molar-refractivity contribution is -0.116. The fourth-order valence-corrected chi connectivity index (χ4v) is 3.47. The molecule has 4 rings (SSSR count). The van der Waals surface area contributed by atoms with Gasteiger partial charge in [-0.25, -0.2) is 9.37 Å². The molecule has 27 heavy (non-hydrogen) atoms. The quantitative estimate of drug-likeness (QED) is 0.589. The van der Waals surface area contributed by atoms with Crippen molar-refractivity contribution in [3.05, 3.63) is 77.1 Å².